The molecule has 3 nitrogen and oxygen atoms in total. The maximum atomic E-state index is 11.1. The van der Waals surface area contributed by atoms with E-state index in [1.807, 2.05) is 30.3 Å². The summed E-state index contributed by atoms with van der Waals surface area (Å²) in [4.78, 5) is 12.6. The van der Waals surface area contributed by atoms with Gasteiger partial charge in [0.15, 0.2) is 0 Å². The molecule has 0 aliphatic rings. The number of anilines is 1. The van der Waals surface area contributed by atoms with Crippen LogP contribution in [0.4, 0.5) is 10.5 Å². The van der Waals surface area contributed by atoms with Crippen molar-refractivity contribution in [3.63, 3.8) is 0 Å². The summed E-state index contributed by atoms with van der Waals surface area (Å²) < 4.78 is 0. The van der Waals surface area contributed by atoms with Crippen molar-refractivity contribution in [1.82, 2.24) is 4.90 Å². The molecule has 0 aliphatic carbocycles. The van der Waals surface area contributed by atoms with Crippen molar-refractivity contribution in [1.29, 1.82) is 0 Å². The van der Waals surface area contributed by atoms with E-state index in [1.54, 1.807) is 14.1 Å². The number of hydrogen-bond donors (Lipinski definition) is 1. The van der Waals surface area contributed by atoms with Gasteiger partial charge in [0.05, 0.1) is 0 Å². The number of hydrogen-bond acceptors (Lipinski definition) is 1. The van der Waals surface area contributed by atoms with Gasteiger partial charge in [-0.05, 0) is 12.1 Å². The third kappa shape index (κ3) is 4.26. The number of benzene rings is 1. The normalized spacial score (nSPS) is 8.46. The Labute approximate surface area is 98.3 Å². The summed E-state index contributed by atoms with van der Waals surface area (Å²) in [6, 6.07) is 9.26. The quantitative estimate of drug-likeness (QED) is 0.744. The van der Waals surface area contributed by atoms with E-state index < -0.39 is 0 Å². The molecule has 0 aliphatic heterocycles. The fourth-order valence-electron chi connectivity index (χ4n) is 0.757. The number of nitrogens with zero attached hydrogens (tertiary/aromatic N) is 1. The minimum absolute atomic E-state index is 0. The Kier molecular flexibility index (Phi) is 5.69. The Morgan fingerprint density at radius 1 is 1.23 bits per heavy atom. The average Bonchev–Trinajstić information content (AvgIpc) is 2.06. The van der Waals surface area contributed by atoms with Crippen molar-refractivity contribution >= 4 is 39.0 Å². The van der Waals surface area contributed by atoms with E-state index in [1.165, 1.54) is 4.90 Å². The summed E-state index contributed by atoms with van der Waals surface area (Å²) in [6.07, 6.45) is 0. The SMILES string of the molecule is CN(C)C(=O)Nc1ccccc1.[Pb]. The fraction of sp³-hybridized carbons (Fsp3) is 0.222. The molecule has 0 unspecified atom stereocenters. The molecule has 13 heavy (non-hydrogen) atoms. The van der Waals surface area contributed by atoms with Crippen LogP contribution in [0.3, 0.4) is 0 Å². The maximum absolute atomic E-state index is 11.1. The molecule has 0 bridgehead atoms. The molecule has 4 radical (unpaired) electrons. The second-order valence-corrected chi connectivity index (χ2v) is 2.69. The first kappa shape index (κ1) is 12.4. The van der Waals surface area contributed by atoms with Gasteiger partial charge in [-0.3, -0.25) is 0 Å². The predicted octanol–water partition coefficient (Wildman–Crippen LogP) is 1.40. The molecular formula is C9H12N2OPb. The van der Waals surface area contributed by atoms with Crippen LogP contribution < -0.4 is 5.32 Å². The van der Waals surface area contributed by atoms with Crippen LogP contribution in [0.25, 0.3) is 0 Å². The van der Waals surface area contributed by atoms with E-state index in [0.29, 0.717) is 0 Å². The Balaban J connectivity index is 0.00000144. The molecule has 1 N–H and O–H groups in total. The summed E-state index contributed by atoms with van der Waals surface area (Å²) in [5.74, 6) is 0. The molecule has 0 fully saturated rings. The average molecular weight is 371 g/mol. The molecule has 0 atom stereocenters. The number of carbonyl (C=O) groups is 1. The molecule has 68 valence electrons. The van der Waals surface area contributed by atoms with Crippen molar-refractivity contribution in [2.75, 3.05) is 19.4 Å². The molecule has 1 rings (SSSR count). The van der Waals surface area contributed by atoms with Crippen LogP contribution in [0.1, 0.15) is 0 Å². The Bertz CT molecular complexity index is 262. The van der Waals surface area contributed by atoms with Gasteiger partial charge < -0.3 is 10.2 Å². The van der Waals surface area contributed by atoms with Crippen molar-refractivity contribution in [3.8, 4) is 0 Å². The van der Waals surface area contributed by atoms with Gasteiger partial charge in [0.2, 0.25) is 0 Å². The summed E-state index contributed by atoms with van der Waals surface area (Å²) in [7, 11) is 3.41. The first-order valence-corrected chi connectivity index (χ1v) is 3.73. The van der Waals surface area contributed by atoms with Crippen molar-refractivity contribution in [3.05, 3.63) is 30.3 Å². The van der Waals surface area contributed by atoms with E-state index in [-0.39, 0.29) is 33.3 Å². The Morgan fingerprint density at radius 2 is 1.77 bits per heavy atom. The summed E-state index contributed by atoms with van der Waals surface area (Å²) in [5.41, 5.74) is 0.816. The molecule has 2 amide bonds. The van der Waals surface area contributed by atoms with Gasteiger partial charge in [-0.25, -0.2) is 4.79 Å². The number of urea groups is 1. The fourth-order valence-corrected chi connectivity index (χ4v) is 0.757. The van der Waals surface area contributed by atoms with Crippen LogP contribution in [-0.2, 0) is 0 Å². The number of rotatable bonds is 1. The standard InChI is InChI=1S/C9H12N2O.Pb/c1-11(2)9(12)10-8-6-4-3-5-7-8;/h3-7H,1-2H3,(H,10,12);. The van der Waals surface area contributed by atoms with Gasteiger partial charge in [-0.15, -0.1) is 0 Å². The van der Waals surface area contributed by atoms with E-state index in [9.17, 15) is 4.79 Å². The zero-order chi connectivity index (χ0) is 8.97. The summed E-state index contributed by atoms with van der Waals surface area (Å²) in [6.45, 7) is 0. The van der Waals surface area contributed by atoms with E-state index in [2.05, 4.69) is 5.32 Å². The molecule has 0 aromatic heterocycles. The van der Waals surface area contributed by atoms with Gasteiger partial charge in [0, 0.05) is 47.1 Å². The molecule has 1 aromatic rings. The van der Waals surface area contributed by atoms with Crippen LogP contribution in [-0.4, -0.2) is 52.3 Å². The number of para-hydroxylation sites is 1. The topological polar surface area (TPSA) is 32.3 Å². The summed E-state index contributed by atoms with van der Waals surface area (Å²) in [5, 5.41) is 2.73. The van der Waals surface area contributed by atoms with Gasteiger partial charge in [0.1, 0.15) is 0 Å². The van der Waals surface area contributed by atoms with Crippen molar-refractivity contribution in [2.45, 2.75) is 0 Å². The Hall–Kier alpha value is -0.588. The first-order valence-electron chi connectivity index (χ1n) is 3.73. The third-order valence-corrected chi connectivity index (χ3v) is 1.43. The van der Waals surface area contributed by atoms with E-state index >= 15 is 0 Å². The zero-order valence-electron chi connectivity index (χ0n) is 7.74. The van der Waals surface area contributed by atoms with Crippen LogP contribution >= 0.6 is 0 Å². The van der Waals surface area contributed by atoms with Crippen molar-refractivity contribution < 1.29 is 4.79 Å². The van der Waals surface area contributed by atoms with Crippen LogP contribution in [0, 0.1) is 0 Å². The summed E-state index contributed by atoms with van der Waals surface area (Å²) >= 11 is 0. The van der Waals surface area contributed by atoms with E-state index in [0.717, 1.165) is 5.69 Å². The second-order valence-electron chi connectivity index (χ2n) is 2.69. The molecule has 0 saturated carbocycles. The zero-order valence-corrected chi connectivity index (χ0v) is 11.6. The van der Waals surface area contributed by atoms with Gasteiger partial charge in [-0.2, -0.15) is 0 Å². The molecule has 0 spiro atoms. The van der Waals surface area contributed by atoms with Crippen LogP contribution in [0.5, 0.6) is 0 Å². The monoisotopic (exact) mass is 372 g/mol. The smallest absolute Gasteiger partial charge is 0.321 e. The number of amides is 2. The molecule has 4 heteroatoms. The third-order valence-electron chi connectivity index (χ3n) is 1.43. The van der Waals surface area contributed by atoms with Crippen molar-refractivity contribution in [2.24, 2.45) is 0 Å². The number of carbonyl (C=O) groups excluding carboxylic acids is 1. The van der Waals surface area contributed by atoms with Crippen LogP contribution in [0.2, 0.25) is 0 Å². The van der Waals surface area contributed by atoms with Gasteiger partial charge in [-0.1, -0.05) is 18.2 Å². The minimum atomic E-state index is -0.110. The molecular weight excluding hydrogens is 359 g/mol. The van der Waals surface area contributed by atoms with Gasteiger partial charge >= 0.3 is 6.03 Å². The molecule has 0 heterocycles. The first-order chi connectivity index (χ1) is 5.70. The second kappa shape index (κ2) is 5.96. The maximum Gasteiger partial charge on any atom is 0.321 e. The minimum Gasteiger partial charge on any atom is -0.331 e. The number of nitrogens with one attached hydrogen (secondary N) is 1. The predicted molar refractivity (Wildman–Crippen MR) is 54.9 cm³/mol. The molecule has 0 saturated heterocycles. The van der Waals surface area contributed by atoms with Gasteiger partial charge in [0.25, 0.3) is 0 Å². The van der Waals surface area contributed by atoms with Crippen LogP contribution in [0.15, 0.2) is 30.3 Å². The van der Waals surface area contributed by atoms with E-state index in [4.69, 9.17) is 0 Å². The molecule has 1 aromatic carbocycles. The Morgan fingerprint density at radius 3 is 2.23 bits per heavy atom. The largest absolute Gasteiger partial charge is 0.331 e.